The number of amides is 1. The minimum Gasteiger partial charge on any atom is -0.319 e. The van der Waals surface area contributed by atoms with E-state index in [1.165, 1.54) is 35.1 Å². The van der Waals surface area contributed by atoms with Gasteiger partial charge >= 0.3 is 0 Å². The van der Waals surface area contributed by atoms with E-state index in [9.17, 15) is 9.18 Å². The fraction of sp³-hybridized carbons (Fsp3) is 0.176. The lowest BCUT2D eigenvalue weighted by molar-refractivity contribution is 0.0997. The number of carbonyl (C=O) groups is 1. The van der Waals surface area contributed by atoms with Gasteiger partial charge in [-0.25, -0.2) is 4.39 Å². The molecule has 2 aromatic carbocycles. The van der Waals surface area contributed by atoms with Crippen molar-refractivity contribution in [3.8, 4) is 0 Å². The highest BCUT2D eigenvalue weighted by Crippen LogP contribution is 2.21. The number of hydrogen-bond donors (Lipinski definition) is 0. The summed E-state index contributed by atoms with van der Waals surface area (Å²) >= 11 is 1.46. The Bertz CT molecular complexity index is 924. The molecule has 0 fully saturated rings. The van der Waals surface area contributed by atoms with Crippen LogP contribution < -0.4 is 4.80 Å². The molecular formula is C17H15FN2OS. The molecule has 0 saturated heterocycles. The van der Waals surface area contributed by atoms with Crippen LogP contribution in [0.25, 0.3) is 10.2 Å². The van der Waals surface area contributed by atoms with E-state index in [4.69, 9.17) is 0 Å². The molecule has 0 spiro atoms. The van der Waals surface area contributed by atoms with Crippen molar-refractivity contribution in [2.75, 3.05) is 0 Å². The van der Waals surface area contributed by atoms with E-state index < -0.39 is 11.7 Å². The fourth-order valence-electron chi connectivity index (χ4n) is 2.45. The van der Waals surface area contributed by atoms with Crippen LogP contribution in [0.3, 0.4) is 0 Å². The molecule has 0 aliphatic carbocycles. The smallest absolute Gasteiger partial charge is 0.279 e. The molecule has 3 rings (SSSR count). The zero-order valence-electron chi connectivity index (χ0n) is 12.3. The quantitative estimate of drug-likeness (QED) is 0.710. The van der Waals surface area contributed by atoms with Crippen LogP contribution in [0.1, 0.15) is 22.8 Å². The number of aryl methyl sites for hydroxylation is 2. The number of thiazole rings is 1. The summed E-state index contributed by atoms with van der Waals surface area (Å²) in [5, 5.41) is 0. The highest BCUT2D eigenvalue weighted by Gasteiger charge is 2.09. The monoisotopic (exact) mass is 314 g/mol. The summed E-state index contributed by atoms with van der Waals surface area (Å²) in [6.45, 7) is 2.10. The first kappa shape index (κ1) is 14.7. The fourth-order valence-corrected chi connectivity index (χ4v) is 3.51. The van der Waals surface area contributed by atoms with Gasteiger partial charge in [0.05, 0.1) is 10.2 Å². The Morgan fingerprint density at radius 3 is 2.77 bits per heavy atom. The molecule has 1 heterocycles. The lowest BCUT2D eigenvalue weighted by Gasteiger charge is -2.01. The van der Waals surface area contributed by atoms with Gasteiger partial charge in [0.25, 0.3) is 5.91 Å². The number of para-hydroxylation sites is 1. The molecule has 1 aromatic heterocycles. The van der Waals surface area contributed by atoms with Crippen LogP contribution in [0, 0.1) is 5.82 Å². The van der Waals surface area contributed by atoms with Crippen LogP contribution in [0.5, 0.6) is 0 Å². The molecule has 0 saturated carbocycles. The molecule has 112 valence electrons. The normalized spacial score (nSPS) is 12.0. The van der Waals surface area contributed by atoms with E-state index in [0.717, 1.165) is 16.6 Å². The van der Waals surface area contributed by atoms with Gasteiger partial charge in [-0.2, -0.15) is 4.99 Å². The van der Waals surface area contributed by atoms with Gasteiger partial charge in [0.1, 0.15) is 5.82 Å². The predicted molar refractivity (Wildman–Crippen MR) is 86.5 cm³/mol. The largest absolute Gasteiger partial charge is 0.319 e. The molecule has 3 nitrogen and oxygen atoms in total. The van der Waals surface area contributed by atoms with Crippen LogP contribution in [0.4, 0.5) is 4.39 Å². The first-order valence-electron chi connectivity index (χ1n) is 7.02. The summed E-state index contributed by atoms with van der Waals surface area (Å²) in [5.74, 6) is -0.866. The van der Waals surface area contributed by atoms with E-state index in [-0.39, 0.29) is 5.56 Å². The van der Waals surface area contributed by atoms with Crippen molar-refractivity contribution in [2.45, 2.75) is 13.3 Å². The summed E-state index contributed by atoms with van der Waals surface area (Å²) < 4.78 is 16.2. The van der Waals surface area contributed by atoms with Crippen LogP contribution in [0.2, 0.25) is 0 Å². The van der Waals surface area contributed by atoms with Crippen molar-refractivity contribution < 1.29 is 9.18 Å². The molecule has 0 atom stereocenters. The first-order chi connectivity index (χ1) is 10.6. The Kier molecular flexibility index (Phi) is 3.90. The number of benzene rings is 2. The maximum Gasteiger partial charge on any atom is 0.279 e. The van der Waals surface area contributed by atoms with Gasteiger partial charge in [0.2, 0.25) is 0 Å². The molecule has 5 heteroatoms. The zero-order valence-corrected chi connectivity index (χ0v) is 13.2. The van der Waals surface area contributed by atoms with Gasteiger partial charge < -0.3 is 4.57 Å². The molecule has 0 unspecified atom stereocenters. The number of halogens is 1. The Balaban J connectivity index is 2.14. The van der Waals surface area contributed by atoms with Crippen molar-refractivity contribution in [3.05, 3.63) is 64.2 Å². The van der Waals surface area contributed by atoms with E-state index >= 15 is 0 Å². The third-order valence-corrected chi connectivity index (χ3v) is 4.65. The topological polar surface area (TPSA) is 34.4 Å². The van der Waals surface area contributed by atoms with Gasteiger partial charge in [0, 0.05) is 12.6 Å². The Morgan fingerprint density at radius 1 is 1.27 bits per heavy atom. The van der Waals surface area contributed by atoms with E-state index in [2.05, 4.69) is 18.0 Å². The molecular weight excluding hydrogens is 299 g/mol. The summed E-state index contributed by atoms with van der Waals surface area (Å²) in [7, 11) is 1.90. The molecule has 0 bridgehead atoms. The van der Waals surface area contributed by atoms with Crippen molar-refractivity contribution in [3.63, 3.8) is 0 Å². The molecule has 0 radical (unpaired) electrons. The second-order valence-electron chi connectivity index (χ2n) is 4.99. The minimum absolute atomic E-state index is 0.258. The molecule has 0 aliphatic heterocycles. The van der Waals surface area contributed by atoms with Crippen LogP contribution in [-0.4, -0.2) is 10.5 Å². The van der Waals surface area contributed by atoms with E-state index in [1.807, 2.05) is 23.7 Å². The van der Waals surface area contributed by atoms with Gasteiger partial charge in [-0.3, -0.25) is 4.79 Å². The molecule has 22 heavy (non-hydrogen) atoms. The summed E-state index contributed by atoms with van der Waals surface area (Å²) in [6, 6.07) is 11.7. The molecule has 3 aromatic rings. The number of carbonyl (C=O) groups excluding carboxylic acids is 1. The second kappa shape index (κ2) is 5.85. The zero-order chi connectivity index (χ0) is 15.7. The Labute approximate surface area is 131 Å². The highest BCUT2D eigenvalue weighted by molar-refractivity contribution is 7.16. The average Bonchev–Trinajstić information content (AvgIpc) is 2.83. The lowest BCUT2D eigenvalue weighted by Crippen LogP contribution is -2.14. The maximum atomic E-state index is 13.2. The van der Waals surface area contributed by atoms with Gasteiger partial charge in [-0.05, 0) is 36.2 Å². The second-order valence-corrected chi connectivity index (χ2v) is 6.00. The van der Waals surface area contributed by atoms with Crippen LogP contribution in [0.15, 0.2) is 47.5 Å². The first-order valence-corrected chi connectivity index (χ1v) is 7.84. The van der Waals surface area contributed by atoms with Gasteiger partial charge in [0.15, 0.2) is 4.80 Å². The van der Waals surface area contributed by atoms with Crippen molar-refractivity contribution >= 4 is 27.5 Å². The van der Waals surface area contributed by atoms with Crippen molar-refractivity contribution in [1.82, 2.24) is 4.57 Å². The minimum atomic E-state index is -0.435. The number of fused-ring (bicyclic) bond motifs is 1. The third-order valence-electron chi connectivity index (χ3n) is 3.56. The van der Waals surface area contributed by atoms with E-state index in [1.54, 1.807) is 6.07 Å². The number of aromatic nitrogens is 1. The molecule has 1 amide bonds. The summed E-state index contributed by atoms with van der Waals surface area (Å²) in [4.78, 5) is 17.0. The Hall–Kier alpha value is -2.27. The average molecular weight is 314 g/mol. The van der Waals surface area contributed by atoms with Gasteiger partial charge in [-0.1, -0.05) is 36.5 Å². The standard InChI is InChI=1S/C17H15FN2OS/c1-3-11-6-5-9-14-15(11)20(2)17(22-14)19-16(21)12-7-4-8-13(18)10-12/h4-10H,3H2,1-2H3. The molecule has 0 aliphatic rings. The van der Waals surface area contributed by atoms with Crippen LogP contribution >= 0.6 is 11.3 Å². The van der Waals surface area contributed by atoms with Crippen molar-refractivity contribution in [1.29, 1.82) is 0 Å². The number of hydrogen-bond acceptors (Lipinski definition) is 2. The molecule has 0 N–H and O–H groups in total. The number of nitrogens with zero attached hydrogens (tertiary/aromatic N) is 2. The Morgan fingerprint density at radius 2 is 2.05 bits per heavy atom. The maximum absolute atomic E-state index is 13.2. The predicted octanol–water partition coefficient (Wildman–Crippen LogP) is 3.68. The summed E-state index contributed by atoms with van der Waals surface area (Å²) in [6.07, 6.45) is 0.916. The summed E-state index contributed by atoms with van der Waals surface area (Å²) in [5.41, 5.74) is 2.57. The SMILES string of the molecule is CCc1cccc2sc(=NC(=O)c3cccc(F)c3)n(C)c12. The van der Waals surface area contributed by atoms with Crippen molar-refractivity contribution in [2.24, 2.45) is 12.0 Å². The lowest BCUT2D eigenvalue weighted by atomic mass is 10.1. The number of rotatable bonds is 2. The van der Waals surface area contributed by atoms with Crippen LogP contribution in [-0.2, 0) is 13.5 Å². The van der Waals surface area contributed by atoms with Gasteiger partial charge in [-0.15, -0.1) is 0 Å². The third kappa shape index (κ3) is 2.60. The van der Waals surface area contributed by atoms with E-state index in [0.29, 0.717) is 4.80 Å². The highest BCUT2D eigenvalue weighted by atomic mass is 32.1.